The van der Waals surface area contributed by atoms with E-state index in [-0.39, 0.29) is 24.3 Å². The van der Waals surface area contributed by atoms with Gasteiger partial charge in [-0.1, -0.05) is 62.4 Å². The molecule has 1 atom stereocenters. The van der Waals surface area contributed by atoms with Crippen LogP contribution in [0.3, 0.4) is 0 Å². The number of rotatable bonds is 9. The topological polar surface area (TPSA) is 84.5 Å². The van der Waals surface area contributed by atoms with E-state index in [4.69, 9.17) is 4.74 Å². The van der Waals surface area contributed by atoms with Crippen LogP contribution < -0.4 is 10.6 Å². The Labute approximate surface area is 171 Å². The monoisotopic (exact) mass is 396 g/mol. The van der Waals surface area contributed by atoms with Crippen LogP contribution in [0.2, 0.25) is 0 Å². The lowest BCUT2D eigenvalue weighted by Gasteiger charge is -2.21. The maximum Gasteiger partial charge on any atom is 0.329 e. The molecule has 2 aromatic carbocycles. The highest BCUT2D eigenvalue weighted by molar-refractivity contribution is 5.98. The van der Waals surface area contributed by atoms with E-state index >= 15 is 0 Å². The fourth-order valence-electron chi connectivity index (χ4n) is 2.81. The van der Waals surface area contributed by atoms with Crippen LogP contribution in [0.4, 0.5) is 0 Å². The molecule has 0 aliphatic carbocycles. The fourth-order valence-corrected chi connectivity index (χ4v) is 2.81. The van der Waals surface area contributed by atoms with Crippen molar-refractivity contribution in [2.75, 3.05) is 13.2 Å². The van der Waals surface area contributed by atoms with E-state index in [1.54, 1.807) is 12.1 Å². The minimum absolute atomic E-state index is 0.184. The first-order valence-corrected chi connectivity index (χ1v) is 9.72. The van der Waals surface area contributed by atoms with Gasteiger partial charge in [0.25, 0.3) is 11.8 Å². The molecule has 2 N–H and O–H groups in total. The molecule has 0 spiro atoms. The predicted molar refractivity (Wildman–Crippen MR) is 111 cm³/mol. The van der Waals surface area contributed by atoms with Crippen molar-refractivity contribution < 1.29 is 19.1 Å². The Morgan fingerprint density at radius 1 is 0.966 bits per heavy atom. The maximum atomic E-state index is 12.5. The van der Waals surface area contributed by atoms with E-state index < -0.39 is 12.0 Å². The van der Waals surface area contributed by atoms with Crippen molar-refractivity contribution in [2.24, 2.45) is 5.92 Å². The summed E-state index contributed by atoms with van der Waals surface area (Å²) in [6.45, 7) is 5.53. The summed E-state index contributed by atoms with van der Waals surface area (Å²) in [5, 5.41) is 5.44. The fraction of sp³-hybridized carbons (Fsp3) is 0.348. The molecule has 2 rings (SSSR count). The van der Waals surface area contributed by atoms with Crippen molar-refractivity contribution in [1.29, 1.82) is 0 Å². The number of amides is 2. The largest absolute Gasteiger partial charge is 0.454 e. The molecule has 29 heavy (non-hydrogen) atoms. The van der Waals surface area contributed by atoms with E-state index in [2.05, 4.69) is 10.6 Å². The average Bonchev–Trinajstić information content (AvgIpc) is 2.71. The predicted octanol–water partition coefficient (Wildman–Crippen LogP) is 2.65. The van der Waals surface area contributed by atoms with E-state index in [1.807, 2.05) is 63.2 Å². The van der Waals surface area contributed by atoms with Gasteiger partial charge in [0.2, 0.25) is 0 Å². The van der Waals surface area contributed by atoms with Gasteiger partial charge in [0.1, 0.15) is 6.04 Å². The summed E-state index contributed by atoms with van der Waals surface area (Å²) < 4.78 is 5.13. The normalized spacial score (nSPS) is 11.6. The first-order chi connectivity index (χ1) is 13.9. The van der Waals surface area contributed by atoms with E-state index in [0.29, 0.717) is 18.5 Å². The minimum atomic E-state index is -0.834. The van der Waals surface area contributed by atoms with Crippen LogP contribution in [0.25, 0.3) is 0 Å². The number of esters is 1. The zero-order chi connectivity index (χ0) is 21.2. The zero-order valence-corrected chi connectivity index (χ0v) is 17.1. The quantitative estimate of drug-likeness (QED) is 0.638. The molecule has 0 unspecified atom stereocenters. The molecule has 6 nitrogen and oxygen atoms in total. The summed E-state index contributed by atoms with van der Waals surface area (Å²) in [5.74, 6) is -1.52. The van der Waals surface area contributed by atoms with Gasteiger partial charge in [-0.05, 0) is 36.5 Å². The average molecular weight is 396 g/mol. The standard InChI is InChI=1S/C23H28N2O4/c1-16(2)21(25-22(27)19-12-8-7-9-17(19)3)23(28)29-15-20(26)24-14-13-18-10-5-4-6-11-18/h4-12,16,21H,13-15H2,1-3H3,(H,24,26)(H,25,27)/t21-/m0/s1. The lowest BCUT2D eigenvalue weighted by molar-refractivity contribution is -0.151. The molecule has 0 heterocycles. The summed E-state index contributed by atoms with van der Waals surface area (Å²) in [7, 11) is 0. The smallest absolute Gasteiger partial charge is 0.329 e. The molecule has 154 valence electrons. The molecule has 0 aromatic heterocycles. The van der Waals surface area contributed by atoms with Crippen molar-refractivity contribution >= 4 is 17.8 Å². The second-order valence-corrected chi connectivity index (χ2v) is 7.20. The van der Waals surface area contributed by atoms with Gasteiger partial charge in [-0.15, -0.1) is 0 Å². The molecule has 0 saturated carbocycles. The first kappa shape index (κ1) is 22.1. The third-order valence-corrected chi connectivity index (χ3v) is 4.52. The van der Waals surface area contributed by atoms with Crippen LogP contribution in [0.5, 0.6) is 0 Å². The summed E-state index contributed by atoms with van der Waals surface area (Å²) in [6, 6.07) is 16.1. The van der Waals surface area contributed by atoms with Crippen molar-refractivity contribution in [2.45, 2.75) is 33.2 Å². The SMILES string of the molecule is Cc1ccccc1C(=O)N[C@H](C(=O)OCC(=O)NCCc1ccccc1)C(C)C. The molecule has 0 aliphatic rings. The molecule has 6 heteroatoms. The van der Waals surface area contributed by atoms with E-state index in [1.165, 1.54) is 0 Å². The van der Waals surface area contributed by atoms with Gasteiger partial charge >= 0.3 is 5.97 Å². The molecular formula is C23H28N2O4. The Hall–Kier alpha value is -3.15. The van der Waals surface area contributed by atoms with Crippen LogP contribution in [-0.4, -0.2) is 37.0 Å². The minimum Gasteiger partial charge on any atom is -0.454 e. The van der Waals surface area contributed by atoms with Gasteiger partial charge in [0, 0.05) is 12.1 Å². The Balaban J connectivity index is 1.82. The maximum absolute atomic E-state index is 12.5. The Kier molecular flexibility index (Phi) is 8.40. The summed E-state index contributed by atoms with van der Waals surface area (Å²) in [6.07, 6.45) is 0.696. The van der Waals surface area contributed by atoms with Crippen LogP contribution >= 0.6 is 0 Å². The van der Waals surface area contributed by atoms with E-state index in [9.17, 15) is 14.4 Å². The van der Waals surface area contributed by atoms with Gasteiger partial charge in [-0.3, -0.25) is 9.59 Å². The molecular weight excluding hydrogens is 368 g/mol. The molecule has 0 bridgehead atoms. The summed E-state index contributed by atoms with van der Waals surface area (Å²) in [5.41, 5.74) is 2.44. The lowest BCUT2D eigenvalue weighted by atomic mass is 10.0. The zero-order valence-electron chi connectivity index (χ0n) is 17.1. The highest BCUT2D eigenvalue weighted by Crippen LogP contribution is 2.10. The third-order valence-electron chi connectivity index (χ3n) is 4.52. The number of nitrogens with one attached hydrogen (secondary N) is 2. The first-order valence-electron chi connectivity index (χ1n) is 9.72. The number of aryl methyl sites for hydroxylation is 1. The highest BCUT2D eigenvalue weighted by atomic mass is 16.5. The number of carbonyl (C=O) groups is 3. The summed E-state index contributed by atoms with van der Waals surface area (Å²) >= 11 is 0. The number of hydrogen-bond acceptors (Lipinski definition) is 4. The van der Waals surface area contributed by atoms with Crippen molar-refractivity contribution in [1.82, 2.24) is 10.6 Å². The van der Waals surface area contributed by atoms with Gasteiger partial charge in [-0.2, -0.15) is 0 Å². The van der Waals surface area contributed by atoms with Crippen LogP contribution in [-0.2, 0) is 20.7 Å². The van der Waals surface area contributed by atoms with Crippen molar-refractivity contribution in [3.05, 3.63) is 71.3 Å². The number of ether oxygens (including phenoxy) is 1. The summed E-state index contributed by atoms with van der Waals surface area (Å²) in [4.78, 5) is 36.9. The Morgan fingerprint density at radius 3 is 2.28 bits per heavy atom. The van der Waals surface area contributed by atoms with Gasteiger partial charge in [-0.25, -0.2) is 4.79 Å². The highest BCUT2D eigenvalue weighted by Gasteiger charge is 2.27. The number of benzene rings is 2. The lowest BCUT2D eigenvalue weighted by Crippen LogP contribution is -2.46. The molecule has 0 saturated heterocycles. The number of carbonyl (C=O) groups excluding carboxylic acids is 3. The van der Waals surface area contributed by atoms with Crippen molar-refractivity contribution in [3.63, 3.8) is 0 Å². The molecule has 2 aromatic rings. The van der Waals surface area contributed by atoms with Crippen LogP contribution in [0, 0.1) is 12.8 Å². The van der Waals surface area contributed by atoms with Gasteiger partial charge < -0.3 is 15.4 Å². The Bertz CT molecular complexity index is 834. The number of hydrogen-bond donors (Lipinski definition) is 2. The molecule has 2 amide bonds. The molecule has 0 fully saturated rings. The molecule has 0 radical (unpaired) electrons. The second kappa shape index (κ2) is 11.0. The van der Waals surface area contributed by atoms with Gasteiger partial charge in [0.15, 0.2) is 6.61 Å². The van der Waals surface area contributed by atoms with Crippen LogP contribution in [0.1, 0.15) is 35.3 Å². The van der Waals surface area contributed by atoms with Crippen LogP contribution in [0.15, 0.2) is 54.6 Å². The van der Waals surface area contributed by atoms with Gasteiger partial charge in [0.05, 0.1) is 0 Å². The second-order valence-electron chi connectivity index (χ2n) is 7.20. The third kappa shape index (κ3) is 7.07. The van der Waals surface area contributed by atoms with Crippen molar-refractivity contribution in [3.8, 4) is 0 Å². The molecule has 0 aliphatic heterocycles. The Morgan fingerprint density at radius 2 is 1.62 bits per heavy atom. The van der Waals surface area contributed by atoms with E-state index in [0.717, 1.165) is 11.1 Å².